The van der Waals surface area contributed by atoms with E-state index in [2.05, 4.69) is 0 Å². The van der Waals surface area contributed by atoms with E-state index in [0.717, 1.165) is 12.2 Å². The fourth-order valence-corrected chi connectivity index (χ4v) is 1.81. The molecule has 0 saturated heterocycles. The highest BCUT2D eigenvalue weighted by atomic mass is 19.2. The summed E-state index contributed by atoms with van der Waals surface area (Å²) in [5.41, 5.74) is 6.27. The molecule has 0 radical (unpaired) electrons. The number of hydrogen-bond donors (Lipinski definition) is 1. The lowest BCUT2D eigenvalue weighted by Gasteiger charge is -2.12. The minimum atomic E-state index is -0.906. The summed E-state index contributed by atoms with van der Waals surface area (Å²) in [6.07, 6.45) is 0.734. The summed E-state index contributed by atoms with van der Waals surface area (Å²) < 4.78 is 32.7. The summed E-state index contributed by atoms with van der Waals surface area (Å²) in [5.74, 6) is -0.551. The van der Waals surface area contributed by atoms with Gasteiger partial charge in [-0.15, -0.1) is 0 Å². The van der Waals surface area contributed by atoms with Gasteiger partial charge in [0, 0.05) is 12.0 Å². The van der Waals surface area contributed by atoms with Gasteiger partial charge in [-0.05, 0) is 24.6 Å². The molecule has 0 aliphatic carbocycles. The fourth-order valence-electron chi connectivity index (χ4n) is 1.81. The van der Waals surface area contributed by atoms with Gasteiger partial charge >= 0.3 is 0 Å². The van der Waals surface area contributed by atoms with E-state index >= 15 is 0 Å². The molecule has 2 rings (SSSR count). The number of hydrogen-bond acceptors (Lipinski definition) is 2. The van der Waals surface area contributed by atoms with Crippen LogP contribution in [0.15, 0.2) is 28.7 Å². The molecule has 1 unspecified atom stereocenters. The van der Waals surface area contributed by atoms with Crippen LogP contribution < -0.4 is 5.73 Å². The monoisotopic (exact) mass is 251 g/mol. The summed E-state index contributed by atoms with van der Waals surface area (Å²) in [6, 6.07) is 5.70. The van der Waals surface area contributed by atoms with E-state index in [1.54, 1.807) is 12.1 Å². The van der Waals surface area contributed by atoms with Gasteiger partial charge in [0.05, 0.1) is 6.04 Å². The molecule has 4 heteroatoms. The van der Waals surface area contributed by atoms with Crippen LogP contribution in [0.2, 0.25) is 0 Å². The summed E-state index contributed by atoms with van der Waals surface area (Å²) in [5, 5.41) is 0. The van der Waals surface area contributed by atoms with Gasteiger partial charge in [0.1, 0.15) is 11.5 Å². The lowest BCUT2D eigenvalue weighted by atomic mass is 10.0. The largest absolute Gasteiger partial charge is 0.464 e. The predicted molar refractivity (Wildman–Crippen MR) is 65.2 cm³/mol. The molecule has 0 aliphatic rings. The average molecular weight is 251 g/mol. The molecule has 0 spiro atoms. The van der Waals surface area contributed by atoms with Crippen molar-refractivity contribution in [3.63, 3.8) is 0 Å². The Bertz CT molecular complexity index is 563. The average Bonchev–Trinajstić information content (AvgIpc) is 2.84. The van der Waals surface area contributed by atoms with Crippen LogP contribution in [0, 0.1) is 18.6 Å². The minimum Gasteiger partial charge on any atom is -0.464 e. The van der Waals surface area contributed by atoms with Crippen molar-refractivity contribution in [3.05, 3.63) is 58.5 Å². The molecule has 1 heterocycles. The highest BCUT2D eigenvalue weighted by molar-refractivity contribution is 5.32. The van der Waals surface area contributed by atoms with Crippen molar-refractivity contribution in [2.75, 3.05) is 0 Å². The lowest BCUT2D eigenvalue weighted by Crippen LogP contribution is -2.14. The second-order valence-electron chi connectivity index (χ2n) is 4.23. The molecule has 1 aromatic carbocycles. The maximum atomic E-state index is 13.8. The van der Waals surface area contributed by atoms with Gasteiger partial charge in [-0.2, -0.15) is 0 Å². The number of nitrogens with two attached hydrogens (primary N) is 1. The number of furan rings is 1. The molecule has 2 nitrogen and oxygen atoms in total. The summed E-state index contributed by atoms with van der Waals surface area (Å²) in [7, 11) is 0. The van der Waals surface area contributed by atoms with Crippen LogP contribution in [0.1, 0.15) is 35.6 Å². The Labute approximate surface area is 104 Å². The van der Waals surface area contributed by atoms with E-state index in [-0.39, 0.29) is 11.1 Å². The zero-order valence-electron chi connectivity index (χ0n) is 10.3. The van der Waals surface area contributed by atoms with Crippen molar-refractivity contribution in [1.82, 2.24) is 0 Å². The van der Waals surface area contributed by atoms with Crippen molar-refractivity contribution in [2.45, 2.75) is 26.3 Å². The quantitative estimate of drug-likeness (QED) is 0.907. The second kappa shape index (κ2) is 4.90. The number of rotatable bonds is 3. The minimum absolute atomic E-state index is 0.107. The molecule has 0 amide bonds. The predicted octanol–water partition coefficient (Wildman–Crippen LogP) is 3.48. The van der Waals surface area contributed by atoms with Gasteiger partial charge < -0.3 is 10.2 Å². The maximum absolute atomic E-state index is 13.8. The first-order valence-corrected chi connectivity index (χ1v) is 5.83. The van der Waals surface area contributed by atoms with Crippen LogP contribution in [0.5, 0.6) is 0 Å². The molecule has 1 atom stereocenters. The van der Waals surface area contributed by atoms with Gasteiger partial charge in [0.25, 0.3) is 0 Å². The number of aryl methyl sites for hydroxylation is 2. The third kappa shape index (κ3) is 2.16. The van der Waals surface area contributed by atoms with Gasteiger partial charge in [0.15, 0.2) is 11.6 Å². The zero-order chi connectivity index (χ0) is 13.3. The Kier molecular flexibility index (Phi) is 3.48. The molecule has 2 N–H and O–H groups in total. The van der Waals surface area contributed by atoms with E-state index in [4.69, 9.17) is 10.2 Å². The molecule has 0 aliphatic heterocycles. The van der Waals surface area contributed by atoms with Crippen molar-refractivity contribution in [1.29, 1.82) is 0 Å². The van der Waals surface area contributed by atoms with E-state index in [1.807, 2.05) is 6.92 Å². The Morgan fingerprint density at radius 1 is 1.17 bits per heavy atom. The van der Waals surface area contributed by atoms with Crippen LogP contribution in [0.3, 0.4) is 0 Å². The first-order valence-electron chi connectivity index (χ1n) is 5.83. The Hall–Kier alpha value is -1.68. The number of benzene rings is 1. The SMILES string of the molecule is CCc1ccc(C(N)c2ccc(C)c(F)c2F)o1. The van der Waals surface area contributed by atoms with Gasteiger partial charge in [-0.3, -0.25) is 0 Å². The van der Waals surface area contributed by atoms with Gasteiger partial charge in [-0.1, -0.05) is 19.1 Å². The molecular weight excluding hydrogens is 236 g/mol. The van der Waals surface area contributed by atoms with E-state index < -0.39 is 17.7 Å². The third-order valence-electron chi connectivity index (χ3n) is 2.98. The maximum Gasteiger partial charge on any atom is 0.164 e. The molecule has 1 aromatic heterocycles. The van der Waals surface area contributed by atoms with Gasteiger partial charge in [-0.25, -0.2) is 8.78 Å². The molecule has 18 heavy (non-hydrogen) atoms. The first kappa shape index (κ1) is 12.8. The Balaban J connectivity index is 2.39. The van der Waals surface area contributed by atoms with E-state index in [0.29, 0.717) is 5.76 Å². The highest BCUT2D eigenvalue weighted by Gasteiger charge is 2.20. The van der Waals surface area contributed by atoms with Crippen LogP contribution in [-0.2, 0) is 6.42 Å². The topological polar surface area (TPSA) is 39.2 Å². The summed E-state index contributed by atoms with van der Waals surface area (Å²) in [4.78, 5) is 0. The highest BCUT2D eigenvalue weighted by Crippen LogP contribution is 2.26. The van der Waals surface area contributed by atoms with Gasteiger partial charge in [0.2, 0.25) is 0 Å². The first-order chi connectivity index (χ1) is 8.54. The molecule has 2 aromatic rings. The van der Waals surface area contributed by atoms with Crippen LogP contribution in [0.25, 0.3) is 0 Å². The fraction of sp³-hybridized carbons (Fsp3) is 0.286. The third-order valence-corrected chi connectivity index (χ3v) is 2.98. The van der Waals surface area contributed by atoms with Crippen LogP contribution in [-0.4, -0.2) is 0 Å². The molecule has 96 valence electrons. The summed E-state index contributed by atoms with van der Waals surface area (Å²) in [6.45, 7) is 3.45. The smallest absolute Gasteiger partial charge is 0.164 e. The van der Waals surface area contributed by atoms with Crippen molar-refractivity contribution >= 4 is 0 Å². The zero-order valence-corrected chi connectivity index (χ0v) is 10.3. The molecule has 0 fully saturated rings. The number of halogens is 2. The van der Waals surface area contributed by atoms with Crippen LogP contribution >= 0.6 is 0 Å². The van der Waals surface area contributed by atoms with Crippen LogP contribution in [0.4, 0.5) is 8.78 Å². The second-order valence-corrected chi connectivity index (χ2v) is 4.23. The normalized spacial score (nSPS) is 12.7. The van der Waals surface area contributed by atoms with E-state index in [9.17, 15) is 8.78 Å². The standard InChI is InChI=1S/C14H15F2NO/c1-3-9-5-7-11(18-9)14(17)10-6-4-8(2)12(15)13(10)16/h4-7,14H,3,17H2,1-2H3. The molecular formula is C14H15F2NO. The van der Waals surface area contributed by atoms with Crippen molar-refractivity contribution in [3.8, 4) is 0 Å². The Morgan fingerprint density at radius 2 is 1.89 bits per heavy atom. The summed E-state index contributed by atoms with van der Waals surface area (Å²) >= 11 is 0. The van der Waals surface area contributed by atoms with E-state index in [1.165, 1.54) is 19.1 Å². The van der Waals surface area contributed by atoms with Crippen molar-refractivity contribution < 1.29 is 13.2 Å². The molecule has 0 saturated carbocycles. The lowest BCUT2D eigenvalue weighted by molar-refractivity contribution is 0.439. The Morgan fingerprint density at radius 3 is 2.50 bits per heavy atom. The van der Waals surface area contributed by atoms with Crippen molar-refractivity contribution in [2.24, 2.45) is 5.73 Å². The molecule has 0 bridgehead atoms.